The van der Waals surface area contributed by atoms with Gasteiger partial charge in [0.25, 0.3) is 0 Å². The molecule has 1 saturated carbocycles. The SMILES string of the molecule is NCc1ccc(C(O)CN(CC(F)(F)F)C2CC2)cc1. The van der Waals surface area contributed by atoms with Crippen LogP contribution in [0.1, 0.15) is 30.1 Å². The van der Waals surface area contributed by atoms with Gasteiger partial charge in [0.1, 0.15) is 0 Å². The van der Waals surface area contributed by atoms with Crippen LogP contribution in [0.25, 0.3) is 0 Å². The maximum absolute atomic E-state index is 12.5. The first kappa shape index (κ1) is 15.3. The van der Waals surface area contributed by atoms with Crippen LogP contribution in [0, 0.1) is 0 Å². The molecule has 0 bridgehead atoms. The Hall–Kier alpha value is -1.11. The number of nitrogens with zero attached hydrogens (tertiary/aromatic N) is 1. The minimum Gasteiger partial charge on any atom is -0.387 e. The number of benzene rings is 1. The molecular weight excluding hydrogens is 269 g/mol. The summed E-state index contributed by atoms with van der Waals surface area (Å²) in [5, 5.41) is 10.1. The van der Waals surface area contributed by atoms with Gasteiger partial charge >= 0.3 is 6.18 Å². The Balaban J connectivity index is 1.98. The molecule has 0 saturated heterocycles. The lowest BCUT2D eigenvalue weighted by Gasteiger charge is -2.26. The van der Waals surface area contributed by atoms with Crippen molar-refractivity contribution < 1.29 is 18.3 Å². The molecule has 1 aromatic rings. The van der Waals surface area contributed by atoms with Gasteiger partial charge in [0.2, 0.25) is 0 Å². The predicted molar refractivity (Wildman–Crippen MR) is 69.9 cm³/mol. The predicted octanol–water partition coefficient (Wildman–Crippen LogP) is 2.21. The number of rotatable bonds is 6. The molecule has 1 fully saturated rings. The quantitative estimate of drug-likeness (QED) is 0.844. The molecule has 3 N–H and O–H groups in total. The van der Waals surface area contributed by atoms with Crippen LogP contribution >= 0.6 is 0 Å². The third kappa shape index (κ3) is 4.47. The van der Waals surface area contributed by atoms with Crippen molar-refractivity contribution in [2.75, 3.05) is 13.1 Å². The molecule has 20 heavy (non-hydrogen) atoms. The van der Waals surface area contributed by atoms with Gasteiger partial charge in [-0.05, 0) is 24.0 Å². The lowest BCUT2D eigenvalue weighted by Crippen LogP contribution is -2.38. The van der Waals surface area contributed by atoms with E-state index in [0.717, 1.165) is 18.4 Å². The van der Waals surface area contributed by atoms with Gasteiger partial charge in [-0.25, -0.2) is 0 Å². The molecule has 1 aliphatic rings. The number of hydrogen-bond donors (Lipinski definition) is 2. The highest BCUT2D eigenvalue weighted by Gasteiger charge is 2.38. The van der Waals surface area contributed by atoms with Crippen LogP contribution in [-0.2, 0) is 6.54 Å². The maximum atomic E-state index is 12.5. The van der Waals surface area contributed by atoms with E-state index < -0.39 is 18.8 Å². The van der Waals surface area contributed by atoms with Crippen molar-refractivity contribution >= 4 is 0 Å². The third-order valence-corrected chi connectivity index (χ3v) is 3.45. The van der Waals surface area contributed by atoms with E-state index in [4.69, 9.17) is 5.73 Å². The summed E-state index contributed by atoms with van der Waals surface area (Å²) in [5.74, 6) is 0. The van der Waals surface area contributed by atoms with Gasteiger partial charge in [0.05, 0.1) is 12.6 Å². The molecule has 0 aliphatic heterocycles. The van der Waals surface area contributed by atoms with Gasteiger partial charge in [-0.2, -0.15) is 13.2 Å². The Morgan fingerprint density at radius 2 is 1.85 bits per heavy atom. The van der Waals surface area contributed by atoms with Crippen LogP contribution in [0.5, 0.6) is 0 Å². The zero-order valence-electron chi connectivity index (χ0n) is 11.1. The number of halogens is 3. The van der Waals surface area contributed by atoms with E-state index in [1.807, 2.05) is 0 Å². The highest BCUT2D eigenvalue weighted by Crippen LogP contribution is 2.31. The molecule has 0 heterocycles. The minimum absolute atomic E-state index is 0.00610. The fourth-order valence-corrected chi connectivity index (χ4v) is 2.22. The van der Waals surface area contributed by atoms with Crippen molar-refractivity contribution in [2.24, 2.45) is 5.73 Å². The van der Waals surface area contributed by atoms with Gasteiger partial charge in [-0.15, -0.1) is 0 Å². The number of aliphatic hydroxyl groups is 1. The van der Waals surface area contributed by atoms with E-state index in [1.54, 1.807) is 24.3 Å². The molecule has 1 aromatic carbocycles. The summed E-state index contributed by atoms with van der Waals surface area (Å²) < 4.78 is 37.5. The topological polar surface area (TPSA) is 49.5 Å². The normalized spacial score (nSPS) is 17.5. The Kier molecular flexibility index (Phi) is 4.67. The smallest absolute Gasteiger partial charge is 0.387 e. The summed E-state index contributed by atoms with van der Waals surface area (Å²) in [6.45, 7) is -0.555. The Morgan fingerprint density at radius 3 is 2.30 bits per heavy atom. The average molecular weight is 288 g/mol. The van der Waals surface area contributed by atoms with Gasteiger partial charge < -0.3 is 10.8 Å². The van der Waals surface area contributed by atoms with Crippen molar-refractivity contribution in [3.8, 4) is 0 Å². The van der Waals surface area contributed by atoms with E-state index in [9.17, 15) is 18.3 Å². The van der Waals surface area contributed by atoms with Crippen LogP contribution in [0.3, 0.4) is 0 Å². The first-order chi connectivity index (χ1) is 9.39. The summed E-state index contributed by atoms with van der Waals surface area (Å²) in [5.41, 5.74) is 7.02. The second-order valence-corrected chi connectivity index (χ2v) is 5.24. The molecule has 0 radical (unpaired) electrons. The monoisotopic (exact) mass is 288 g/mol. The maximum Gasteiger partial charge on any atom is 0.401 e. The third-order valence-electron chi connectivity index (χ3n) is 3.45. The minimum atomic E-state index is -4.23. The van der Waals surface area contributed by atoms with Gasteiger partial charge in [-0.3, -0.25) is 4.90 Å². The molecule has 0 aromatic heterocycles. The second-order valence-electron chi connectivity index (χ2n) is 5.24. The molecule has 2 rings (SSSR count). The van der Waals surface area contributed by atoms with Crippen molar-refractivity contribution in [2.45, 2.75) is 37.7 Å². The van der Waals surface area contributed by atoms with Crippen molar-refractivity contribution in [3.05, 3.63) is 35.4 Å². The molecule has 0 amide bonds. The number of alkyl halides is 3. The summed E-state index contributed by atoms with van der Waals surface area (Å²) in [6, 6.07) is 6.94. The Bertz CT molecular complexity index is 429. The van der Waals surface area contributed by atoms with Crippen molar-refractivity contribution in [3.63, 3.8) is 0 Å². The fraction of sp³-hybridized carbons (Fsp3) is 0.571. The van der Waals surface area contributed by atoms with Crippen LogP contribution in [0.2, 0.25) is 0 Å². The largest absolute Gasteiger partial charge is 0.401 e. The molecule has 1 aliphatic carbocycles. The zero-order valence-corrected chi connectivity index (χ0v) is 11.1. The highest BCUT2D eigenvalue weighted by atomic mass is 19.4. The first-order valence-electron chi connectivity index (χ1n) is 6.67. The van der Waals surface area contributed by atoms with Crippen LogP contribution < -0.4 is 5.73 Å². The van der Waals surface area contributed by atoms with Gasteiger partial charge in [-0.1, -0.05) is 24.3 Å². The zero-order chi connectivity index (χ0) is 14.8. The lowest BCUT2D eigenvalue weighted by atomic mass is 10.1. The van der Waals surface area contributed by atoms with Crippen LogP contribution in [0.15, 0.2) is 24.3 Å². The van der Waals surface area contributed by atoms with Gasteiger partial charge in [0, 0.05) is 19.1 Å². The fourth-order valence-electron chi connectivity index (χ4n) is 2.22. The lowest BCUT2D eigenvalue weighted by molar-refractivity contribution is -0.149. The second kappa shape index (κ2) is 6.11. The number of hydrogen-bond acceptors (Lipinski definition) is 3. The highest BCUT2D eigenvalue weighted by molar-refractivity contribution is 5.24. The number of nitrogens with two attached hydrogens (primary N) is 1. The summed E-state index contributed by atoms with van der Waals surface area (Å²) in [7, 11) is 0. The Morgan fingerprint density at radius 1 is 1.25 bits per heavy atom. The van der Waals surface area contributed by atoms with Crippen molar-refractivity contribution in [1.82, 2.24) is 4.90 Å². The molecule has 112 valence electrons. The molecule has 6 heteroatoms. The van der Waals surface area contributed by atoms with Crippen LogP contribution in [-0.4, -0.2) is 35.3 Å². The summed E-state index contributed by atoms with van der Waals surface area (Å²) in [6.07, 6.45) is -3.60. The average Bonchev–Trinajstić information content (AvgIpc) is 3.20. The molecule has 1 unspecified atom stereocenters. The van der Waals surface area contributed by atoms with Crippen molar-refractivity contribution in [1.29, 1.82) is 0 Å². The van der Waals surface area contributed by atoms with E-state index >= 15 is 0 Å². The summed E-state index contributed by atoms with van der Waals surface area (Å²) >= 11 is 0. The van der Waals surface area contributed by atoms with E-state index in [-0.39, 0.29) is 12.6 Å². The first-order valence-corrected chi connectivity index (χ1v) is 6.67. The molecule has 3 nitrogen and oxygen atoms in total. The molecular formula is C14H19F3N2O. The summed E-state index contributed by atoms with van der Waals surface area (Å²) in [4.78, 5) is 1.32. The van der Waals surface area contributed by atoms with E-state index in [2.05, 4.69) is 0 Å². The Labute approximate surface area is 116 Å². The van der Waals surface area contributed by atoms with E-state index in [1.165, 1.54) is 4.90 Å². The molecule has 1 atom stereocenters. The number of aliphatic hydroxyl groups excluding tert-OH is 1. The van der Waals surface area contributed by atoms with Crippen LogP contribution in [0.4, 0.5) is 13.2 Å². The molecule has 0 spiro atoms. The van der Waals surface area contributed by atoms with E-state index in [0.29, 0.717) is 12.1 Å². The van der Waals surface area contributed by atoms with Gasteiger partial charge in [0.15, 0.2) is 0 Å². The standard InChI is InChI=1S/C14H19F3N2O/c15-14(16,17)9-19(12-5-6-12)8-13(20)11-3-1-10(7-18)2-4-11/h1-4,12-13,20H,5-9,18H2.